The SMILES string of the molecule is Cn1nc2c(c1NC(=O)NC[C@@H]1CCCO1)CCC2. The molecule has 2 heterocycles. The van der Waals surface area contributed by atoms with Crippen molar-refractivity contribution >= 4 is 11.8 Å². The van der Waals surface area contributed by atoms with Crippen molar-refractivity contribution in [1.29, 1.82) is 0 Å². The van der Waals surface area contributed by atoms with Crippen LogP contribution in [0, 0.1) is 0 Å². The number of carbonyl (C=O) groups excluding carboxylic acids is 1. The molecule has 2 aliphatic rings. The molecule has 1 saturated heterocycles. The van der Waals surface area contributed by atoms with E-state index in [4.69, 9.17) is 4.74 Å². The first-order valence-electron chi connectivity index (χ1n) is 6.95. The molecular weight excluding hydrogens is 244 g/mol. The lowest BCUT2D eigenvalue weighted by molar-refractivity contribution is 0.112. The molecule has 0 bridgehead atoms. The summed E-state index contributed by atoms with van der Waals surface area (Å²) in [5.41, 5.74) is 2.31. The van der Waals surface area contributed by atoms with Crippen LogP contribution in [0.25, 0.3) is 0 Å². The number of hydrogen-bond donors (Lipinski definition) is 2. The molecule has 1 aliphatic carbocycles. The van der Waals surface area contributed by atoms with Crippen molar-refractivity contribution in [2.24, 2.45) is 7.05 Å². The number of carbonyl (C=O) groups is 1. The maximum absolute atomic E-state index is 11.9. The van der Waals surface area contributed by atoms with Gasteiger partial charge in [-0.15, -0.1) is 0 Å². The first-order valence-corrected chi connectivity index (χ1v) is 6.95. The average Bonchev–Trinajstić information content (AvgIpc) is 3.07. The summed E-state index contributed by atoms with van der Waals surface area (Å²) in [6.45, 7) is 1.38. The fourth-order valence-corrected chi connectivity index (χ4v) is 2.84. The van der Waals surface area contributed by atoms with Crippen molar-refractivity contribution in [3.05, 3.63) is 11.3 Å². The quantitative estimate of drug-likeness (QED) is 0.862. The molecule has 3 rings (SSSR count). The molecule has 19 heavy (non-hydrogen) atoms. The Bertz CT molecular complexity index is 477. The van der Waals surface area contributed by atoms with Crippen molar-refractivity contribution < 1.29 is 9.53 Å². The number of rotatable bonds is 3. The van der Waals surface area contributed by atoms with Crippen LogP contribution in [0.3, 0.4) is 0 Å². The van der Waals surface area contributed by atoms with E-state index in [1.54, 1.807) is 4.68 Å². The van der Waals surface area contributed by atoms with Crippen LogP contribution in [0.15, 0.2) is 0 Å². The zero-order valence-electron chi connectivity index (χ0n) is 11.2. The van der Waals surface area contributed by atoms with Crippen LogP contribution in [0.4, 0.5) is 10.6 Å². The molecule has 0 radical (unpaired) electrons. The molecule has 1 aromatic heterocycles. The lowest BCUT2D eigenvalue weighted by atomic mass is 10.2. The number of anilines is 1. The van der Waals surface area contributed by atoms with E-state index in [9.17, 15) is 4.79 Å². The van der Waals surface area contributed by atoms with Crippen molar-refractivity contribution in [3.8, 4) is 0 Å². The second-order valence-electron chi connectivity index (χ2n) is 5.22. The molecule has 1 atom stereocenters. The van der Waals surface area contributed by atoms with Gasteiger partial charge in [-0.1, -0.05) is 0 Å². The van der Waals surface area contributed by atoms with Gasteiger partial charge in [0.25, 0.3) is 0 Å². The molecule has 2 amide bonds. The van der Waals surface area contributed by atoms with Gasteiger partial charge in [0, 0.05) is 25.8 Å². The number of aryl methyl sites for hydroxylation is 2. The van der Waals surface area contributed by atoms with Crippen LogP contribution in [0.1, 0.15) is 30.5 Å². The maximum Gasteiger partial charge on any atom is 0.320 e. The Kier molecular flexibility index (Phi) is 3.42. The van der Waals surface area contributed by atoms with Gasteiger partial charge in [-0.2, -0.15) is 5.10 Å². The Morgan fingerprint density at radius 2 is 2.37 bits per heavy atom. The van der Waals surface area contributed by atoms with E-state index in [0.717, 1.165) is 50.2 Å². The highest BCUT2D eigenvalue weighted by Gasteiger charge is 2.22. The number of hydrogen-bond acceptors (Lipinski definition) is 3. The summed E-state index contributed by atoms with van der Waals surface area (Å²) in [7, 11) is 1.87. The van der Waals surface area contributed by atoms with E-state index in [2.05, 4.69) is 15.7 Å². The van der Waals surface area contributed by atoms with Gasteiger partial charge in [0.1, 0.15) is 5.82 Å². The number of nitrogens with one attached hydrogen (secondary N) is 2. The number of nitrogens with zero attached hydrogens (tertiary/aromatic N) is 2. The summed E-state index contributed by atoms with van der Waals surface area (Å²) < 4.78 is 7.24. The fourth-order valence-electron chi connectivity index (χ4n) is 2.84. The molecule has 0 spiro atoms. The lowest BCUT2D eigenvalue weighted by Gasteiger charge is -2.12. The van der Waals surface area contributed by atoms with Gasteiger partial charge in [-0.05, 0) is 32.1 Å². The first-order chi connectivity index (χ1) is 9.24. The third kappa shape index (κ3) is 2.58. The summed E-state index contributed by atoms with van der Waals surface area (Å²) >= 11 is 0. The Morgan fingerprint density at radius 3 is 3.16 bits per heavy atom. The van der Waals surface area contributed by atoms with Crippen molar-refractivity contribution in [2.45, 2.75) is 38.2 Å². The summed E-state index contributed by atoms with van der Waals surface area (Å²) in [5, 5.41) is 10.2. The van der Waals surface area contributed by atoms with Crippen LogP contribution >= 0.6 is 0 Å². The summed E-state index contributed by atoms with van der Waals surface area (Å²) in [4.78, 5) is 11.9. The van der Waals surface area contributed by atoms with E-state index in [1.165, 1.54) is 5.56 Å². The Morgan fingerprint density at radius 1 is 1.47 bits per heavy atom. The van der Waals surface area contributed by atoms with Gasteiger partial charge in [-0.25, -0.2) is 4.79 Å². The van der Waals surface area contributed by atoms with Gasteiger partial charge in [-0.3, -0.25) is 10.00 Å². The van der Waals surface area contributed by atoms with Gasteiger partial charge >= 0.3 is 6.03 Å². The van der Waals surface area contributed by atoms with E-state index >= 15 is 0 Å². The van der Waals surface area contributed by atoms with E-state index in [1.807, 2.05) is 7.05 Å². The first kappa shape index (κ1) is 12.5. The van der Waals surface area contributed by atoms with E-state index in [-0.39, 0.29) is 12.1 Å². The van der Waals surface area contributed by atoms with Gasteiger partial charge < -0.3 is 10.1 Å². The second kappa shape index (κ2) is 5.21. The third-order valence-electron chi connectivity index (χ3n) is 3.82. The monoisotopic (exact) mass is 264 g/mol. The molecule has 6 heteroatoms. The maximum atomic E-state index is 11.9. The van der Waals surface area contributed by atoms with Crippen LogP contribution < -0.4 is 10.6 Å². The predicted octanol–water partition coefficient (Wildman–Crippen LogP) is 1.21. The normalized spacial score (nSPS) is 21.4. The minimum Gasteiger partial charge on any atom is -0.376 e. The Balaban J connectivity index is 1.57. The number of amides is 2. The molecule has 1 fully saturated rings. The van der Waals surface area contributed by atoms with Crippen LogP contribution in [-0.2, 0) is 24.6 Å². The molecular formula is C13H20N4O2. The van der Waals surface area contributed by atoms with Gasteiger partial charge in [0.05, 0.1) is 11.8 Å². The average molecular weight is 264 g/mol. The van der Waals surface area contributed by atoms with E-state index < -0.39 is 0 Å². The highest BCUT2D eigenvalue weighted by molar-refractivity contribution is 5.89. The van der Waals surface area contributed by atoms with Crippen molar-refractivity contribution in [2.75, 3.05) is 18.5 Å². The summed E-state index contributed by atoms with van der Waals surface area (Å²) in [6.07, 6.45) is 5.44. The number of ether oxygens (including phenoxy) is 1. The zero-order valence-corrected chi connectivity index (χ0v) is 11.2. The molecule has 1 aromatic rings. The summed E-state index contributed by atoms with van der Waals surface area (Å²) in [5.74, 6) is 0.831. The zero-order chi connectivity index (χ0) is 13.2. The standard InChI is InChI=1S/C13H20N4O2/c1-17-12(10-5-2-6-11(10)16-17)15-13(18)14-8-9-4-3-7-19-9/h9H,2-8H2,1H3,(H2,14,15,18)/t9-/m0/s1. The molecule has 0 unspecified atom stereocenters. The molecule has 0 saturated carbocycles. The number of urea groups is 1. The molecule has 2 N–H and O–H groups in total. The van der Waals surface area contributed by atoms with Crippen molar-refractivity contribution in [1.82, 2.24) is 15.1 Å². The van der Waals surface area contributed by atoms with Crippen LogP contribution in [0.2, 0.25) is 0 Å². The number of fused-ring (bicyclic) bond motifs is 1. The Hall–Kier alpha value is -1.56. The molecule has 104 valence electrons. The highest BCUT2D eigenvalue weighted by atomic mass is 16.5. The largest absolute Gasteiger partial charge is 0.376 e. The molecule has 0 aromatic carbocycles. The summed E-state index contributed by atoms with van der Waals surface area (Å²) in [6, 6.07) is -0.173. The third-order valence-corrected chi connectivity index (χ3v) is 3.82. The smallest absolute Gasteiger partial charge is 0.320 e. The van der Waals surface area contributed by atoms with Crippen LogP contribution in [-0.4, -0.2) is 35.1 Å². The lowest BCUT2D eigenvalue weighted by Crippen LogP contribution is -2.35. The van der Waals surface area contributed by atoms with Gasteiger partial charge in [0.15, 0.2) is 0 Å². The molecule has 1 aliphatic heterocycles. The minimum absolute atomic E-state index is 0.169. The van der Waals surface area contributed by atoms with Crippen LogP contribution in [0.5, 0.6) is 0 Å². The fraction of sp³-hybridized carbons (Fsp3) is 0.692. The molecule has 6 nitrogen and oxygen atoms in total. The predicted molar refractivity (Wildman–Crippen MR) is 71.2 cm³/mol. The number of aromatic nitrogens is 2. The topological polar surface area (TPSA) is 68.2 Å². The Labute approximate surface area is 112 Å². The van der Waals surface area contributed by atoms with Gasteiger partial charge in [0.2, 0.25) is 0 Å². The second-order valence-corrected chi connectivity index (χ2v) is 5.22. The van der Waals surface area contributed by atoms with E-state index in [0.29, 0.717) is 6.54 Å². The van der Waals surface area contributed by atoms with Crippen molar-refractivity contribution in [3.63, 3.8) is 0 Å². The highest BCUT2D eigenvalue weighted by Crippen LogP contribution is 2.27. The minimum atomic E-state index is -0.173.